The van der Waals surface area contributed by atoms with Gasteiger partial charge in [0.15, 0.2) is 0 Å². The number of hydrogen-bond donors (Lipinski definition) is 2. The Bertz CT molecular complexity index is 344. The Morgan fingerprint density at radius 1 is 1.45 bits per heavy atom. The number of likely N-dealkylation sites (tertiary alicyclic amines) is 1. The number of carboxylic acid groups (broad SMARTS) is 1. The van der Waals surface area contributed by atoms with Crippen molar-refractivity contribution in [1.29, 1.82) is 0 Å². The molecule has 0 aromatic rings. The number of nitrogens with one attached hydrogen (secondary N) is 1. The number of hydrogen-bond acceptors (Lipinski definition) is 3. The van der Waals surface area contributed by atoms with Crippen molar-refractivity contribution in [1.82, 2.24) is 10.2 Å². The van der Waals surface area contributed by atoms with Crippen LogP contribution in [0.25, 0.3) is 0 Å². The van der Waals surface area contributed by atoms with Gasteiger partial charge in [0.05, 0.1) is 0 Å². The summed E-state index contributed by atoms with van der Waals surface area (Å²) in [5.41, 5.74) is 0.102. The summed E-state index contributed by atoms with van der Waals surface area (Å²) in [5, 5.41) is 11.8. The van der Waals surface area contributed by atoms with Crippen LogP contribution in [0.1, 0.15) is 39.5 Å². The Balaban J connectivity index is 2.50. The van der Waals surface area contributed by atoms with Crippen molar-refractivity contribution in [3.63, 3.8) is 0 Å². The first-order chi connectivity index (χ1) is 9.35. The van der Waals surface area contributed by atoms with Crippen molar-refractivity contribution in [3.8, 4) is 0 Å². The molecule has 0 aromatic heterocycles. The van der Waals surface area contributed by atoms with Crippen LogP contribution in [-0.4, -0.2) is 54.9 Å². The number of aliphatic carboxylic acids is 1. The van der Waals surface area contributed by atoms with Gasteiger partial charge in [-0.15, -0.1) is 0 Å². The van der Waals surface area contributed by atoms with Gasteiger partial charge in [0.25, 0.3) is 0 Å². The van der Waals surface area contributed by atoms with Crippen LogP contribution in [-0.2, 0) is 9.53 Å². The van der Waals surface area contributed by atoms with E-state index in [2.05, 4.69) is 19.2 Å². The van der Waals surface area contributed by atoms with Crippen LogP contribution in [0.2, 0.25) is 0 Å². The van der Waals surface area contributed by atoms with Crippen molar-refractivity contribution < 1.29 is 19.4 Å². The molecule has 1 aliphatic rings. The van der Waals surface area contributed by atoms with E-state index in [0.29, 0.717) is 32.5 Å². The molecule has 0 aliphatic carbocycles. The molecule has 1 unspecified atom stereocenters. The molecule has 1 rings (SSSR count). The molecule has 2 amide bonds. The SMILES string of the molecule is COCCCC(NC(=O)N1CCCC(C)(C)C1)C(=O)O. The summed E-state index contributed by atoms with van der Waals surface area (Å²) < 4.78 is 4.90. The average molecular weight is 286 g/mol. The summed E-state index contributed by atoms with van der Waals surface area (Å²) in [6, 6.07) is -1.12. The maximum atomic E-state index is 12.2. The highest BCUT2D eigenvalue weighted by Gasteiger charge is 2.30. The lowest BCUT2D eigenvalue weighted by molar-refractivity contribution is -0.139. The molecule has 6 heteroatoms. The Hall–Kier alpha value is -1.30. The number of rotatable bonds is 6. The van der Waals surface area contributed by atoms with Crippen LogP contribution >= 0.6 is 0 Å². The van der Waals surface area contributed by atoms with Crippen molar-refractivity contribution >= 4 is 12.0 Å². The molecule has 116 valence electrons. The minimum Gasteiger partial charge on any atom is -0.480 e. The number of amides is 2. The summed E-state index contributed by atoms with van der Waals surface area (Å²) in [6.45, 7) is 6.11. The molecule has 1 saturated heterocycles. The minimum absolute atomic E-state index is 0.102. The van der Waals surface area contributed by atoms with Gasteiger partial charge in [-0.1, -0.05) is 13.8 Å². The van der Waals surface area contributed by atoms with Gasteiger partial charge >= 0.3 is 12.0 Å². The van der Waals surface area contributed by atoms with Gasteiger partial charge < -0.3 is 20.1 Å². The second-order valence-corrected chi connectivity index (χ2v) is 6.16. The van der Waals surface area contributed by atoms with Gasteiger partial charge in [0, 0.05) is 26.8 Å². The first-order valence-electron chi connectivity index (χ1n) is 7.13. The van der Waals surface area contributed by atoms with Gasteiger partial charge in [0.1, 0.15) is 6.04 Å². The molecule has 0 spiro atoms. The highest BCUT2D eigenvalue weighted by molar-refractivity contribution is 5.82. The second-order valence-electron chi connectivity index (χ2n) is 6.16. The minimum atomic E-state index is -0.995. The highest BCUT2D eigenvalue weighted by atomic mass is 16.5. The van der Waals surface area contributed by atoms with Crippen molar-refractivity contribution in [2.75, 3.05) is 26.8 Å². The quantitative estimate of drug-likeness (QED) is 0.728. The number of ether oxygens (including phenoxy) is 1. The smallest absolute Gasteiger partial charge is 0.326 e. The molecule has 1 atom stereocenters. The topological polar surface area (TPSA) is 78.9 Å². The number of carboxylic acids is 1. The van der Waals surface area contributed by atoms with Gasteiger partial charge in [-0.05, 0) is 31.1 Å². The second kappa shape index (κ2) is 7.47. The van der Waals surface area contributed by atoms with E-state index in [0.717, 1.165) is 12.8 Å². The Kier molecular flexibility index (Phi) is 6.26. The Morgan fingerprint density at radius 2 is 2.15 bits per heavy atom. The number of methoxy groups -OCH3 is 1. The van der Waals surface area contributed by atoms with Gasteiger partial charge in [-0.25, -0.2) is 9.59 Å². The van der Waals surface area contributed by atoms with Crippen molar-refractivity contribution in [3.05, 3.63) is 0 Å². The summed E-state index contributed by atoms with van der Waals surface area (Å²) in [4.78, 5) is 25.0. The number of piperidine rings is 1. The average Bonchev–Trinajstić information content (AvgIpc) is 2.36. The third-order valence-electron chi connectivity index (χ3n) is 3.62. The van der Waals surface area contributed by atoms with Crippen molar-refractivity contribution in [2.24, 2.45) is 5.41 Å². The maximum Gasteiger partial charge on any atom is 0.326 e. The zero-order valence-corrected chi connectivity index (χ0v) is 12.6. The molecular weight excluding hydrogens is 260 g/mol. The predicted octanol–water partition coefficient (Wildman–Crippen LogP) is 1.70. The third-order valence-corrected chi connectivity index (χ3v) is 3.62. The molecule has 20 heavy (non-hydrogen) atoms. The summed E-state index contributed by atoms with van der Waals surface area (Å²) >= 11 is 0. The molecule has 6 nitrogen and oxygen atoms in total. The van der Waals surface area contributed by atoms with Crippen LogP contribution in [0, 0.1) is 5.41 Å². The molecule has 1 aliphatic heterocycles. The third kappa shape index (κ3) is 5.36. The van der Waals surface area contributed by atoms with Crippen LogP contribution < -0.4 is 5.32 Å². The maximum absolute atomic E-state index is 12.2. The van der Waals surface area contributed by atoms with E-state index < -0.39 is 12.0 Å². The molecule has 1 fully saturated rings. The van der Waals surface area contributed by atoms with E-state index in [1.165, 1.54) is 0 Å². The predicted molar refractivity (Wildman–Crippen MR) is 75.7 cm³/mol. The van der Waals surface area contributed by atoms with Crippen LogP contribution in [0.15, 0.2) is 0 Å². The Morgan fingerprint density at radius 3 is 2.70 bits per heavy atom. The number of carbonyl (C=O) groups is 2. The number of carbonyl (C=O) groups excluding carboxylic acids is 1. The monoisotopic (exact) mass is 286 g/mol. The summed E-state index contributed by atoms with van der Waals surface area (Å²) in [7, 11) is 1.57. The fourth-order valence-corrected chi connectivity index (χ4v) is 2.53. The molecule has 1 heterocycles. The molecule has 0 bridgehead atoms. The molecule has 0 saturated carbocycles. The Labute approximate surface area is 120 Å². The van der Waals surface area contributed by atoms with E-state index in [9.17, 15) is 9.59 Å². The number of nitrogens with zero attached hydrogens (tertiary/aromatic N) is 1. The van der Waals surface area contributed by atoms with E-state index in [1.807, 2.05) is 0 Å². The van der Waals surface area contributed by atoms with Crippen LogP contribution in [0.5, 0.6) is 0 Å². The lowest BCUT2D eigenvalue weighted by atomic mass is 9.84. The normalized spacial score (nSPS) is 19.4. The molecule has 0 radical (unpaired) electrons. The van der Waals surface area contributed by atoms with E-state index >= 15 is 0 Å². The lowest BCUT2D eigenvalue weighted by Crippen LogP contribution is -2.52. The van der Waals surface area contributed by atoms with Gasteiger partial charge in [-0.3, -0.25) is 0 Å². The van der Waals surface area contributed by atoms with Crippen LogP contribution in [0.3, 0.4) is 0 Å². The highest BCUT2D eigenvalue weighted by Crippen LogP contribution is 2.28. The first kappa shape index (κ1) is 16.8. The summed E-state index contributed by atoms with van der Waals surface area (Å²) in [6.07, 6.45) is 3.04. The largest absolute Gasteiger partial charge is 0.480 e. The first-order valence-corrected chi connectivity index (χ1v) is 7.13. The number of urea groups is 1. The van der Waals surface area contributed by atoms with E-state index in [4.69, 9.17) is 9.84 Å². The molecule has 0 aromatic carbocycles. The van der Waals surface area contributed by atoms with Crippen molar-refractivity contribution in [2.45, 2.75) is 45.6 Å². The standard InChI is InChI=1S/C14H26N2O4/c1-14(2)7-5-8-16(10-14)13(19)15-11(12(17)18)6-4-9-20-3/h11H,4-10H2,1-3H3,(H,15,19)(H,17,18). The lowest BCUT2D eigenvalue weighted by Gasteiger charge is -2.38. The summed E-state index contributed by atoms with van der Waals surface area (Å²) in [5.74, 6) is -0.995. The molecule has 2 N–H and O–H groups in total. The molecular formula is C14H26N2O4. The van der Waals surface area contributed by atoms with E-state index in [-0.39, 0.29) is 11.4 Å². The fraction of sp³-hybridized carbons (Fsp3) is 0.857. The van der Waals surface area contributed by atoms with E-state index in [1.54, 1.807) is 12.0 Å². The zero-order chi connectivity index (χ0) is 15.2. The zero-order valence-electron chi connectivity index (χ0n) is 12.6. The fourth-order valence-electron chi connectivity index (χ4n) is 2.53. The van der Waals surface area contributed by atoms with Gasteiger partial charge in [-0.2, -0.15) is 0 Å². The van der Waals surface area contributed by atoms with Gasteiger partial charge in [0.2, 0.25) is 0 Å². The van der Waals surface area contributed by atoms with Crippen LogP contribution in [0.4, 0.5) is 4.79 Å².